The molecule has 258 valence electrons. The summed E-state index contributed by atoms with van der Waals surface area (Å²) in [5, 5.41) is 11.3. The van der Waals surface area contributed by atoms with Crippen molar-refractivity contribution in [3.8, 4) is 11.3 Å². The Balaban J connectivity index is 1.08. The fourth-order valence-corrected chi connectivity index (χ4v) is 4.05. The van der Waals surface area contributed by atoms with E-state index in [0.29, 0.717) is 98.3 Å². The number of rotatable bonds is 25. The summed E-state index contributed by atoms with van der Waals surface area (Å²) < 4.78 is 40.1. The van der Waals surface area contributed by atoms with Crippen molar-refractivity contribution in [1.29, 1.82) is 0 Å². The zero-order valence-corrected chi connectivity index (χ0v) is 27.7. The van der Waals surface area contributed by atoms with Crippen LogP contribution in [0.3, 0.4) is 0 Å². The van der Waals surface area contributed by atoms with E-state index in [1.54, 1.807) is 0 Å². The number of nitrogens with one attached hydrogen (secondary N) is 3. The normalized spacial score (nSPS) is 11.7. The van der Waals surface area contributed by atoms with E-state index in [1.807, 2.05) is 50.1 Å². The van der Waals surface area contributed by atoms with Crippen molar-refractivity contribution in [3.63, 3.8) is 0 Å². The molecule has 0 spiro atoms. The number of aromatic amines is 1. The molecule has 0 saturated heterocycles. The number of aromatic nitrogens is 5. The highest BCUT2D eigenvalue weighted by molar-refractivity contribution is 5.91. The molecule has 15 heteroatoms. The third kappa shape index (κ3) is 15.3. The van der Waals surface area contributed by atoms with E-state index in [1.165, 1.54) is 0 Å². The number of hydrogen-bond acceptors (Lipinski definition) is 12. The molecule has 0 aliphatic rings. The standard InChI is InChI=1S/C31H51N7O8/c1-5-10-38-24-25(23-35-38)27-26-6-7-32-28(26)37-29(36-27)33-8-11-40-13-15-42-17-19-44-21-22-45-20-18-43-16-14-41-12-9-34-30(39)46-31(2,3)4/h6-7,23-24H,5,8-22H2,1-4H3,(H,34,39)(H2,32,33,36,37). The SMILES string of the molecule is CCCn1cc(-c2nc(NCCOCCOCCOCCOCCOCCOCCNC(=O)OC(C)(C)C)nc3[nH]ccc23)cn1. The summed E-state index contributed by atoms with van der Waals surface area (Å²) in [6.45, 7) is 15.0. The van der Waals surface area contributed by atoms with Gasteiger partial charge in [-0.1, -0.05) is 6.92 Å². The average Bonchev–Trinajstić information content (AvgIpc) is 3.68. The van der Waals surface area contributed by atoms with Crippen molar-refractivity contribution in [3.05, 3.63) is 24.7 Å². The molecule has 0 bridgehead atoms. The molecule has 3 rings (SSSR count). The third-order valence-electron chi connectivity index (χ3n) is 6.08. The Hall–Kier alpha value is -3.34. The largest absolute Gasteiger partial charge is 0.444 e. The van der Waals surface area contributed by atoms with Crippen molar-refractivity contribution in [2.24, 2.45) is 0 Å². The van der Waals surface area contributed by atoms with Gasteiger partial charge in [-0.3, -0.25) is 4.68 Å². The Morgan fingerprint density at radius 1 is 0.826 bits per heavy atom. The van der Waals surface area contributed by atoms with Gasteiger partial charge < -0.3 is 48.8 Å². The lowest BCUT2D eigenvalue weighted by Crippen LogP contribution is -2.34. The van der Waals surface area contributed by atoms with E-state index in [9.17, 15) is 4.79 Å². The van der Waals surface area contributed by atoms with E-state index in [4.69, 9.17) is 38.1 Å². The Morgan fingerprint density at radius 3 is 1.96 bits per heavy atom. The first-order valence-corrected chi connectivity index (χ1v) is 15.9. The van der Waals surface area contributed by atoms with Crippen LogP contribution in [0.4, 0.5) is 10.7 Å². The predicted molar refractivity (Wildman–Crippen MR) is 173 cm³/mol. The van der Waals surface area contributed by atoms with Crippen LogP contribution in [0.1, 0.15) is 34.1 Å². The molecule has 0 fully saturated rings. The summed E-state index contributed by atoms with van der Waals surface area (Å²) in [4.78, 5) is 24.0. The highest BCUT2D eigenvalue weighted by Gasteiger charge is 2.15. The summed E-state index contributed by atoms with van der Waals surface area (Å²) in [5.74, 6) is 0.537. The van der Waals surface area contributed by atoms with Gasteiger partial charge in [0.25, 0.3) is 0 Å². The molecule has 3 heterocycles. The molecular weight excluding hydrogens is 598 g/mol. The molecule has 3 N–H and O–H groups in total. The number of ether oxygens (including phenoxy) is 7. The van der Waals surface area contributed by atoms with E-state index in [0.717, 1.165) is 35.3 Å². The number of carbonyl (C=O) groups excluding carboxylic acids is 1. The van der Waals surface area contributed by atoms with Crippen LogP contribution in [0.25, 0.3) is 22.3 Å². The first kappa shape index (κ1) is 37.1. The Morgan fingerprint density at radius 2 is 1.39 bits per heavy atom. The van der Waals surface area contributed by atoms with Gasteiger partial charge in [0.2, 0.25) is 5.95 Å². The Kier molecular flexibility index (Phi) is 17.3. The maximum absolute atomic E-state index is 11.5. The van der Waals surface area contributed by atoms with Crippen LogP contribution < -0.4 is 10.6 Å². The van der Waals surface area contributed by atoms with Crippen LogP contribution in [0, 0.1) is 0 Å². The molecule has 0 aliphatic carbocycles. The van der Waals surface area contributed by atoms with Crippen LogP contribution in [-0.4, -0.2) is 129 Å². The summed E-state index contributed by atoms with van der Waals surface area (Å²) in [5.41, 5.74) is 2.06. The molecule has 0 aromatic carbocycles. The minimum atomic E-state index is -0.512. The van der Waals surface area contributed by atoms with Crippen LogP contribution in [0.15, 0.2) is 24.7 Å². The molecule has 3 aromatic rings. The van der Waals surface area contributed by atoms with Crippen molar-refractivity contribution >= 4 is 23.1 Å². The molecule has 0 radical (unpaired) electrons. The second kappa shape index (κ2) is 21.5. The predicted octanol–water partition coefficient (Wildman–Crippen LogP) is 3.27. The monoisotopic (exact) mass is 649 g/mol. The molecular formula is C31H51N7O8. The van der Waals surface area contributed by atoms with E-state index in [2.05, 4.69) is 32.6 Å². The lowest BCUT2D eigenvalue weighted by atomic mass is 10.2. The first-order valence-electron chi connectivity index (χ1n) is 15.9. The molecule has 0 atom stereocenters. The summed E-state index contributed by atoms with van der Waals surface area (Å²) in [6.07, 6.45) is 6.28. The van der Waals surface area contributed by atoms with Gasteiger partial charge in [0.05, 0.1) is 91.2 Å². The highest BCUT2D eigenvalue weighted by Crippen LogP contribution is 2.26. The Labute approximate surface area is 271 Å². The fourth-order valence-electron chi connectivity index (χ4n) is 4.05. The first-order chi connectivity index (χ1) is 22.4. The summed E-state index contributed by atoms with van der Waals surface area (Å²) in [7, 11) is 0. The maximum Gasteiger partial charge on any atom is 0.407 e. The number of H-pyrrole nitrogens is 1. The van der Waals surface area contributed by atoms with E-state index in [-0.39, 0.29) is 0 Å². The number of fused-ring (bicyclic) bond motifs is 1. The van der Waals surface area contributed by atoms with Gasteiger partial charge in [-0.05, 0) is 33.3 Å². The number of alkyl carbamates (subject to hydrolysis) is 1. The van der Waals surface area contributed by atoms with Crippen LogP contribution in [0.2, 0.25) is 0 Å². The van der Waals surface area contributed by atoms with Gasteiger partial charge in [-0.2, -0.15) is 10.1 Å². The zero-order valence-electron chi connectivity index (χ0n) is 27.7. The van der Waals surface area contributed by atoms with Crippen molar-refractivity contribution < 1.29 is 38.0 Å². The Bertz CT molecular complexity index is 1250. The zero-order chi connectivity index (χ0) is 32.9. The smallest absolute Gasteiger partial charge is 0.407 e. The minimum absolute atomic E-state index is 0.382. The molecule has 1 amide bonds. The quantitative estimate of drug-likeness (QED) is 0.115. The van der Waals surface area contributed by atoms with Gasteiger partial charge in [-0.25, -0.2) is 9.78 Å². The van der Waals surface area contributed by atoms with E-state index < -0.39 is 11.7 Å². The lowest BCUT2D eigenvalue weighted by molar-refractivity contribution is -0.0162. The number of carbonyl (C=O) groups is 1. The molecule has 46 heavy (non-hydrogen) atoms. The number of amides is 1. The second-order valence-electron chi connectivity index (χ2n) is 11.2. The molecule has 15 nitrogen and oxygen atoms in total. The van der Waals surface area contributed by atoms with Crippen molar-refractivity contribution in [2.75, 3.05) is 97.7 Å². The summed E-state index contributed by atoms with van der Waals surface area (Å²) in [6, 6.07) is 1.98. The van der Waals surface area contributed by atoms with Gasteiger partial charge in [0, 0.05) is 43.0 Å². The van der Waals surface area contributed by atoms with Crippen LogP contribution in [0.5, 0.6) is 0 Å². The third-order valence-corrected chi connectivity index (χ3v) is 6.08. The van der Waals surface area contributed by atoms with Gasteiger partial charge in [0.1, 0.15) is 11.2 Å². The minimum Gasteiger partial charge on any atom is -0.444 e. The molecule has 0 unspecified atom stereocenters. The molecule has 0 saturated carbocycles. The van der Waals surface area contributed by atoms with Gasteiger partial charge in [0.15, 0.2) is 0 Å². The molecule has 3 aromatic heterocycles. The summed E-state index contributed by atoms with van der Waals surface area (Å²) >= 11 is 0. The van der Waals surface area contributed by atoms with Crippen LogP contribution >= 0.6 is 0 Å². The topological polar surface area (TPSA) is 165 Å². The highest BCUT2D eigenvalue weighted by atomic mass is 16.6. The molecule has 0 aliphatic heterocycles. The average molecular weight is 650 g/mol. The van der Waals surface area contributed by atoms with E-state index >= 15 is 0 Å². The van der Waals surface area contributed by atoms with Gasteiger partial charge >= 0.3 is 6.09 Å². The number of nitrogens with zero attached hydrogens (tertiary/aromatic N) is 4. The second-order valence-corrected chi connectivity index (χ2v) is 11.2. The van der Waals surface area contributed by atoms with Gasteiger partial charge in [-0.15, -0.1) is 0 Å². The van der Waals surface area contributed by atoms with Crippen LogP contribution in [-0.2, 0) is 39.7 Å². The lowest BCUT2D eigenvalue weighted by Gasteiger charge is -2.19. The van der Waals surface area contributed by atoms with Crippen molar-refractivity contribution in [1.82, 2.24) is 30.0 Å². The maximum atomic E-state index is 11.5. The number of hydrogen-bond donors (Lipinski definition) is 3. The fraction of sp³-hybridized carbons (Fsp3) is 0.677. The van der Waals surface area contributed by atoms with Crippen molar-refractivity contribution in [2.45, 2.75) is 46.3 Å². The number of anilines is 1. The number of aryl methyl sites for hydroxylation is 1.